The van der Waals surface area contributed by atoms with Crippen LogP contribution in [0.2, 0.25) is 0 Å². The molecule has 0 amide bonds. The molecule has 2 rings (SSSR count). The van der Waals surface area contributed by atoms with Crippen LogP contribution >= 0.6 is 27.3 Å². The molecule has 0 aliphatic rings. The summed E-state index contributed by atoms with van der Waals surface area (Å²) < 4.78 is 13.7. The molecule has 1 heterocycles. The van der Waals surface area contributed by atoms with E-state index < -0.39 is 0 Å². The summed E-state index contributed by atoms with van der Waals surface area (Å²) in [6, 6.07) is 4.75. The lowest BCUT2D eigenvalue weighted by atomic mass is 10.2. The van der Waals surface area contributed by atoms with Crippen LogP contribution in [0.1, 0.15) is 5.56 Å². The van der Waals surface area contributed by atoms with E-state index in [1.807, 2.05) is 0 Å². The smallest absolute Gasteiger partial charge is 0.124 e. The van der Waals surface area contributed by atoms with Gasteiger partial charge in [0.25, 0.3) is 0 Å². The lowest BCUT2D eigenvalue weighted by Gasteiger charge is -1.93. The third-order valence-corrected chi connectivity index (χ3v) is 3.50. The Morgan fingerprint density at radius 1 is 1.46 bits per heavy atom. The van der Waals surface area contributed by atoms with E-state index in [-0.39, 0.29) is 5.82 Å². The Bertz CT molecular complexity index is 452. The van der Waals surface area contributed by atoms with E-state index in [9.17, 15) is 4.39 Å². The fourth-order valence-electron chi connectivity index (χ4n) is 1.28. The van der Waals surface area contributed by atoms with E-state index in [4.69, 9.17) is 5.73 Å². The van der Waals surface area contributed by atoms with Gasteiger partial charge in [0.05, 0.1) is 5.00 Å². The number of fused-ring (bicyclic) bond motifs is 1. The molecule has 0 atom stereocenters. The quantitative estimate of drug-likeness (QED) is 0.780. The first-order valence-corrected chi connectivity index (χ1v) is 5.68. The Balaban J connectivity index is 2.79. The van der Waals surface area contributed by atoms with Crippen molar-refractivity contribution < 1.29 is 4.39 Å². The van der Waals surface area contributed by atoms with Gasteiger partial charge < -0.3 is 5.73 Å². The van der Waals surface area contributed by atoms with Crippen molar-refractivity contribution >= 4 is 42.4 Å². The maximum absolute atomic E-state index is 12.8. The molecule has 0 aliphatic carbocycles. The largest absolute Gasteiger partial charge is 0.390 e. The first-order valence-electron chi connectivity index (χ1n) is 3.74. The fraction of sp³-hybridized carbons (Fsp3) is 0.111. The number of nitrogen functional groups attached to an aromatic ring is 1. The second kappa shape index (κ2) is 3.27. The van der Waals surface area contributed by atoms with Gasteiger partial charge in [-0.2, -0.15) is 0 Å². The predicted octanol–water partition coefficient (Wildman–Crippen LogP) is 3.52. The Morgan fingerprint density at radius 2 is 2.23 bits per heavy atom. The van der Waals surface area contributed by atoms with Gasteiger partial charge in [0.1, 0.15) is 5.82 Å². The molecule has 1 aromatic heterocycles. The van der Waals surface area contributed by atoms with Crippen LogP contribution in [0.25, 0.3) is 10.1 Å². The lowest BCUT2D eigenvalue weighted by molar-refractivity contribution is 0.630. The van der Waals surface area contributed by atoms with Crippen molar-refractivity contribution in [1.82, 2.24) is 0 Å². The summed E-state index contributed by atoms with van der Waals surface area (Å²) >= 11 is 4.79. The normalized spacial score (nSPS) is 10.9. The van der Waals surface area contributed by atoms with Gasteiger partial charge in [-0.05, 0) is 17.5 Å². The van der Waals surface area contributed by atoms with Gasteiger partial charge in [0.2, 0.25) is 0 Å². The second-order valence-electron chi connectivity index (χ2n) is 2.72. The maximum Gasteiger partial charge on any atom is 0.124 e. The summed E-state index contributed by atoms with van der Waals surface area (Å²) in [6.07, 6.45) is 0. The van der Waals surface area contributed by atoms with Gasteiger partial charge in [-0.1, -0.05) is 22.0 Å². The van der Waals surface area contributed by atoms with E-state index in [0.29, 0.717) is 5.33 Å². The van der Waals surface area contributed by atoms with Crippen LogP contribution in [0.4, 0.5) is 9.39 Å². The van der Waals surface area contributed by atoms with Crippen LogP contribution < -0.4 is 5.73 Å². The summed E-state index contributed by atoms with van der Waals surface area (Å²) in [7, 11) is 0. The summed E-state index contributed by atoms with van der Waals surface area (Å²) in [5, 5.41) is 2.52. The van der Waals surface area contributed by atoms with E-state index in [1.54, 1.807) is 6.07 Å². The molecule has 0 saturated carbocycles. The number of rotatable bonds is 1. The minimum atomic E-state index is -0.213. The molecule has 0 aliphatic heterocycles. The zero-order valence-corrected chi connectivity index (χ0v) is 9.08. The molecule has 1 nitrogen and oxygen atoms in total. The van der Waals surface area contributed by atoms with Crippen LogP contribution in [-0.2, 0) is 5.33 Å². The van der Waals surface area contributed by atoms with Gasteiger partial charge in [0.15, 0.2) is 0 Å². The van der Waals surface area contributed by atoms with Gasteiger partial charge in [-0.25, -0.2) is 4.39 Å². The zero-order valence-electron chi connectivity index (χ0n) is 6.68. The highest BCUT2D eigenvalue weighted by molar-refractivity contribution is 9.08. The van der Waals surface area contributed by atoms with Crippen LogP contribution in [0.3, 0.4) is 0 Å². The minimum Gasteiger partial charge on any atom is -0.390 e. The van der Waals surface area contributed by atoms with Gasteiger partial charge in [-0.3, -0.25) is 0 Å². The average Bonchev–Trinajstić information content (AvgIpc) is 2.39. The predicted molar refractivity (Wildman–Crippen MR) is 58.8 cm³/mol. The van der Waals surface area contributed by atoms with Gasteiger partial charge in [-0.15, -0.1) is 11.3 Å². The average molecular weight is 260 g/mol. The first kappa shape index (κ1) is 8.97. The van der Waals surface area contributed by atoms with E-state index in [2.05, 4.69) is 15.9 Å². The van der Waals surface area contributed by atoms with E-state index in [1.165, 1.54) is 23.5 Å². The highest BCUT2D eigenvalue weighted by Gasteiger charge is 2.08. The number of anilines is 1. The molecule has 0 radical (unpaired) electrons. The second-order valence-corrected chi connectivity index (χ2v) is 4.36. The maximum atomic E-state index is 12.8. The molecule has 2 N–H and O–H groups in total. The standard InChI is InChI=1S/C9H7BrFNS/c10-4-7-6-2-1-5(11)3-8(6)13-9(7)12/h1-3H,4,12H2. The number of hydrogen-bond donors (Lipinski definition) is 1. The molecule has 0 fully saturated rings. The number of nitrogens with two attached hydrogens (primary N) is 1. The summed E-state index contributed by atoms with van der Waals surface area (Å²) in [4.78, 5) is 0. The number of thiophene rings is 1. The monoisotopic (exact) mass is 259 g/mol. The van der Waals surface area contributed by atoms with E-state index >= 15 is 0 Å². The topological polar surface area (TPSA) is 26.0 Å². The molecule has 0 saturated heterocycles. The van der Waals surface area contributed by atoms with Crippen molar-refractivity contribution in [3.8, 4) is 0 Å². The van der Waals surface area contributed by atoms with Crippen molar-refractivity contribution in [2.75, 3.05) is 5.73 Å². The number of alkyl halides is 1. The highest BCUT2D eigenvalue weighted by atomic mass is 79.9. The van der Waals surface area contributed by atoms with Crippen molar-refractivity contribution in [3.05, 3.63) is 29.6 Å². The zero-order chi connectivity index (χ0) is 9.42. The van der Waals surface area contributed by atoms with Crippen LogP contribution in [0.5, 0.6) is 0 Å². The fourth-order valence-corrected chi connectivity index (χ4v) is 3.09. The molecule has 0 unspecified atom stereocenters. The van der Waals surface area contributed by atoms with Gasteiger partial charge in [0, 0.05) is 15.6 Å². The highest BCUT2D eigenvalue weighted by Crippen LogP contribution is 2.35. The minimum absolute atomic E-state index is 0.213. The van der Waals surface area contributed by atoms with E-state index in [0.717, 1.165) is 20.7 Å². The Kier molecular flexibility index (Phi) is 2.26. The third kappa shape index (κ3) is 1.44. The lowest BCUT2D eigenvalue weighted by Crippen LogP contribution is -1.84. The number of hydrogen-bond acceptors (Lipinski definition) is 2. The number of halogens is 2. The van der Waals surface area contributed by atoms with Crippen molar-refractivity contribution in [2.24, 2.45) is 0 Å². The molecule has 0 spiro atoms. The molecule has 4 heteroatoms. The molecular formula is C9H7BrFNS. The Morgan fingerprint density at radius 3 is 2.92 bits per heavy atom. The van der Waals surface area contributed by atoms with Crippen molar-refractivity contribution in [3.63, 3.8) is 0 Å². The molecule has 13 heavy (non-hydrogen) atoms. The van der Waals surface area contributed by atoms with Gasteiger partial charge >= 0.3 is 0 Å². The summed E-state index contributed by atoms with van der Waals surface area (Å²) in [5.74, 6) is -0.213. The number of benzene rings is 1. The van der Waals surface area contributed by atoms with Crippen LogP contribution in [0.15, 0.2) is 18.2 Å². The van der Waals surface area contributed by atoms with Crippen LogP contribution in [-0.4, -0.2) is 0 Å². The molecule has 0 bridgehead atoms. The molecular weight excluding hydrogens is 253 g/mol. The molecule has 68 valence electrons. The van der Waals surface area contributed by atoms with Crippen LogP contribution in [0, 0.1) is 5.82 Å². The molecule has 1 aromatic carbocycles. The first-order chi connectivity index (χ1) is 6.22. The summed E-state index contributed by atoms with van der Waals surface area (Å²) in [6.45, 7) is 0. The van der Waals surface area contributed by atoms with Crippen molar-refractivity contribution in [2.45, 2.75) is 5.33 Å². The van der Waals surface area contributed by atoms with Crippen molar-refractivity contribution in [1.29, 1.82) is 0 Å². The summed E-state index contributed by atoms with van der Waals surface area (Å²) in [5.41, 5.74) is 6.84. The molecule has 2 aromatic rings. The Hall–Kier alpha value is -0.610. The Labute approximate surface area is 87.5 Å². The SMILES string of the molecule is Nc1sc2cc(F)ccc2c1CBr. The third-order valence-electron chi connectivity index (χ3n) is 1.92.